The summed E-state index contributed by atoms with van der Waals surface area (Å²) in [5.41, 5.74) is 0. The minimum absolute atomic E-state index is 0.0956. The van der Waals surface area contributed by atoms with Gasteiger partial charge in [-0.2, -0.15) is 0 Å². The SMILES string of the molecule is CC1CC(C)N(C(=O)N(CC(=O)O)C(C)C)C1. The molecule has 0 aromatic heterocycles. The Hall–Kier alpha value is -1.26. The fraction of sp³-hybridized carbons (Fsp3) is 0.833. The smallest absolute Gasteiger partial charge is 0.323 e. The minimum atomic E-state index is -0.966. The van der Waals surface area contributed by atoms with E-state index in [2.05, 4.69) is 6.92 Å². The van der Waals surface area contributed by atoms with Crippen LogP contribution in [-0.4, -0.2) is 52.1 Å². The Labute approximate surface area is 102 Å². The molecule has 2 amide bonds. The summed E-state index contributed by atoms with van der Waals surface area (Å²) in [7, 11) is 0. The second-order valence-electron chi connectivity index (χ2n) is 5.24. The van der Waals surface area contributed by atoms with Crippen LogP contribution in [0.15, 0.2) is 0 Å². The van der Waals surface area contributed by atoms with E-state index >= 15 is 0 Å². The molecule has 5 nitrogen and oxygen atoms in total. The van der Waals surface area contributed by atoms with E-state index in [0.717, 1.165) is 13.0 Å². The maximum Gasteiger partial charge on any atom is 0.323 e. The maximum absolute atomic E-state index is 12.3. The molecule has 1 heterocycles. The van der Waals surface area contributed by atoms with Crippen LogP contribution in [0.4, 0.5) is 4.79 Å². The maximum atomic E-state index is 12.3. The van der Waals surface area contributed by atoms with Crippen molar-refractivity contribution in [1.29, 1.82) is 0 Å². The molecule has 1 aliphatic rings. The molecule has 1 fully saturated rings. The van der Waals surface area contributed by atoms with E-state index in [1.165, 1.54) is 4.90 Å². The van der Waals surface area contributed by atoms with Crippen LogP contribution in [0.5, 0.6) is 0 Å². The number of amides is 2. The highest BCUT2D eigenvalue weighted by molar-refractivity contribution is 5.80. The Bertz CT molecular complexity index is 304. The number of likely N-dealkylation sites (tertiary alicyclic amines) is 1. The molecule has 2 atom stereocenters. The summed E-state index contributed by atoms with van der Waals surface area (Å²) in [5.74, 6) is -0.472. The van der Waals surface area contributed by atoms with Gasteiger partial charge in [-0.15, -0.1) is 0 Å². The van der Waals surface area contributed by atoms with E-state index in [1.54, 1.807) is 4.90 Å². The number of hydrogen-bond donors (Lipinski definition) is 1. The van der Waals surface area contributed by atoms with Gasteiger partial charge in [-0.1, -0.05) is 6.92 Å². The first kappa shape index (κ1) is 13.8. The monoisotopic (exact) mass is 242 g/mol. The molecule has 1 aliphatic heterocycles. The van der Waals surface area contributed by atoms with Crippen LogP contribution in [0, 0.1) is 5.92 Å². The van der Waals surface area contributed by atoms with Gasteiger partial charge in [0, 0.05) is 18.6 Å². The quantitative estimate of drug-likeness (QED) is 0.818. The molecular formula is C12H22N2O3. The fourth-order valence-corrected chi connectivity index (χ4v) is 2.35. The summed E-state index contributed by atoms with van der Waals surface area (Å²) >= 11 is 0. The average molecular weight is 242 g/mol. The van der Waals surface area contributed by atoms with E-state index in [4.69, 9.17) is 5.11 Å². The first-order chi connectivity index (χ1) is 7.82. The zero-order chi connectivity index (χ0) is 13.2. The molecule has 1 N–H and O–H groups in total. The van der Waals surface area contributed by atoms with Crippen LogP contribution >= 0.6 is 0 Å². The number of aliphatic carboxylic acids is 1. The number of carboxylic acid groups (broad SMARTS) is 1. The number of carbonyl (C=O) groups excluding carboxylic acids is 1. The molecule has 2 unspecified atom stereocenters. The zero-order valence-electron chi connectivity index (χ0n) is 11.0. The number of rotatable bonds is 3. The lowest BCUT2D eigenvalue weighted by atomic mass is 10.1. The van der Waals surface area contributed by atoms with E-state index in [0.29, 0.717) is 5.92 Å². The highest BCUT2D eigenvalue weighted by Crippen LogP contribution is 2.24. The van der Waals surface area contributed by atoms with Crippen LogP contribution in [0.2, 0.25) is 0 Å². The van der Waals surface area contributed by atoms with E-state index < -0.39 is 5.97 Å². The van der Waals surface area contributed by atoms with E-state index in [-0.39, 0.29) is 24.7 Å². The second-order valence-corrected chi connectivity index (χ2v) is 5.24. The number of hydrogen-bond acceptors (Lipinski definition) is 2. The second kappa shape index (κ2) is 5.38. The van der Waals surface area contributed by atoms with E-state index in [1.807, 2.05) is 20.8 Å². The summed E-state index contributed by atoms with van der Waals surface area (Å²) in [6.07, 6.45) is 0.991. The molecule has 0 spiro atoms. The van der Waals surface area contributed by atoms with Gasteiger partial charge in [-0.25, -0.2) is 4.79 Å². The van der Waals surface area contributed by atoms with Crippen molar-refractivity contribution < 1.29 is 14.7 Å². The van der Waals surface area contributed by atoms with Gasteiger partial charge in [0.25, 0.3) is 0 Å². The molecule has 1 rings (SSSR count). The Kier molecular flexibility index (Phi) is 4.37. The van der Waals surface area contributed by atoms with Crippen molar-refractivity contribution in [3.8, 4) is 0 Å². The lowest BCUT2D eigenvalue weighted by molar-refractivity contribution is -0.138. The molecule has 0 radical (unpaired) electrons. The first-order valence-electron chi connectivity index (χ1n) is 6.12. The van der Waals surface area contributed by atoms with Crippen LogP contribution in [0.25, 0.3) is 0 Å². The fourth-order valence-electron chi connectivity index (χ4n) is 2.35. The Morgan fingerprint density at radius 1 is 1.41 bits per heavy atom. The summed E-state index contributed by atoms with van der Waals surface area (Å²) in [5, 5.41) is 8.83. The van der Waals surface area contributed by atoms with Gasteiger partial charge in [0.1, 0.15) is 6.54 Å². The van der Waals surface area contributed by atoms with Crippen molar-refractivity contribution in [3.05, 3.63) is 0 Å². The lowest BCUT2D eigenvalue weighted by Gasteiger charge is -2.32. The van der Waals surface area contributed by atoms with Gasteiger partial charge >= 0.3 is 12.0 Å². The zero-order valence-corrected chi connectivity index (χ0v) is 11.0. The van der Waals surface area contributed by atoms with Crippen LogP contribution < -0.4 is 0 Å². The van der Waals surface area contributed by atoms with Gasteiger partial charge in [-0.3, -0.25) is 4.79 Å². The van der Waals surface area contributed by atoms with Crippen molar-refractivity contribution in [2.45, 2.75) is 46.2 Å². The molecule has 0 aromatic rings. The third-order valence-corrected chi connectivity index (χ3v) is 3.20. The van der Waals surface area contributed by atoms with Gasteiger partial charge in [-0.05, 0) is 33.1 Å². The first-order valence-corrected chi connectivity index (χ1v) is 6.12. The molecule has 5 heteroatoms. The molecule has 98 valence electrons. The highest BCUT2D eigenvalue weighted by atomic mass is 16.4. The third-order valence-electron chi connectivity index (χ3n) is 3.20. The van der Waals surface area contributed by atoms with Crippen molar-refractivity contribution >= 4 is 12.0 Å². The topological polar surface area (TPSA) is 60.9 Å². The number of nitrogens with zero attached hydrogens (tertiary/aromatic N) is 2. The van der Waals surface area contributed by atoms with Crippen molar-refractivity contribution in [1.82, 2.24) is 9.80 Å². The molecule has 0 saturated carbocycles. The van der Waals surface area contributed by atoms with Crippen molar-refractivity contribution in [3.63, 3.8) is 0 Å². The van der Waals surface area contributed by atoms with Gasteiger partial charge in [0.2, 0.25) is 0 Å². The van der Waals surface area contributed by atoms with E-state index in [9.17, 15) is 9.59 Å². The predicted molar refractivity (Wildman–Crippen MR) is 64.8 cm³/mol. The Balaban J connectivity index is 2.74. The highest BCUT2D eigenvalue weighted by Gasteiger charge is 2.34. The lowest BCUT2D eigenvalue weighted by Crippen LogP contribution is -2.49. The largest absolute Gasteiger partial charge is 0.480 e. The predicted octanol–water partition coefficient (Wildman–Crippen LogP) is 1.63. The van der Waals surface area contributed by atoms with Crippen LogP contribution in [0.3, 0.4) is 0 Å². The summed E-state index contributed by atoms with van der Waals surface area (Å²) in [6.45, 7) is 8.30. The summed E-state index contributed by atoms with van der Waals surface area (Å²) < 4.78 is 0. The van der Waals surface area contributed by atoms with Gasteiger partial charge in [0.15, 0.2) is 0 Å². The standard InChI is InChI=1S/C12H22N2O3/c1-8(2)13(7-11(15)16)12(17)14-6-9(3)5-10(14)4/h8-10H,5-7H2,1-4H3,(H,15,16). The summed E-state index contributed by atoms with van der Waals surface area (Å²) in [4.78, 5) is 26.2. The van der Waals surface area contributed by atoms with Gasteiger partial charge in [0.05, 0.1) is 0 Å². The number of carboxylic acids is 1. The average Bonchev–Trinajstić information content (AvgIpc) is 2.52. The van der Waals surface area contributed by atoms with Crippen LogP contribution in [0.1, 0.15) is 34.1 Å². The van der Waals surface area contributed by atoms with Crippen molar-refractivity contribution in [2.24, 2.45) is 5.92 Å². The minimum Gasteiger partial charge on any atom is -0.480 e. The molecule has 0 aliphatic carbocycles. The number of carbonyl (C=O) groups is 2. The molecule has 0 bridgehead atoms. The third kappa shape index (κ3) is 3.35. The number of urea groups is 1. The normalized spacial score (nSPS) is 24.2. The molecular weight excluding hydrogens is 220 g/mol. The van der Waals surface area contributed by atoms with Crippen molar-refractivity contribution in [2.75, 3.05) is 13.1 Å². The van der Waals surface area contributed by atoms with Gasteiger partial charge < -0.3 is 14.9 Å². The molecule has 17 heavy (non-hydrogen) atoms. The Morgan fingerprint density at radius 2 is 2.00 bits per heavy atom. The van der Waals surface area contributed by atoms with Crippen LogP contribution in [-0.2, 0) is 4.79 Å². The molecule has 0 aromatic carbocycles. The molecule has 1 saturated heterocycles. The Morgan fingerprint density at radius 3 is 2.35 bits per heavy atom. The summed E-state index contributed by atoms with van der Waals surface area (Å²) in [6, 6.07) is -0.0477.